The Morgan fingerprint density at radius 2 is 2.21 bits per heavy atom. The van der Waals surface area contributed by atoms with E-state index in [1.807, 2.05) is 41.8 Å². The van der Waals surface area contributed by atoms with E-state index < -0.39 is 0 Å². The van der Waals surface area contributed by atoms with Gasteiger partial charge in [0.15, 0.2) is 0 Å². The largest absolute Gasteiger partial charge is 0.351 e. The maximum absolute atomic E-state index is 12.3. The van der Waals surface area contributed by atoms with Crippen LogP contribution in [0, 0.1) is 0 Å². The van der Waals surface area contributed by atoms with Crippen LogP contribution >= 0.6 is 11.3 Å². The van der Waals surface area contributed by atoms with Crippen molar-refractivity contribution in [2.24, 2.45) is 0 Å². The quantitative estimate of drug-likeness (QED) is 0.796. The molecule has 0 atom stereocenters. The summed E-state index contributed by atoms with van der Waals surface area (Å²) in [5.41, 5.74) is 2.15. The number of carbonyl (C=O) groups excluding carboxylic acids is 1. The highest BCUT2D eigenvalue weighted by molar-refractivity contribution is 7.10. The van der Waals surface area contributed by atoms with Crippen molar-refractivity contribution in [1.82, 2.24) is 15.2 Å². The van der Waals surface area contributed by atoms with Crippen molar-refractivity contribution in [2.75, 3.05) is 19.6 Å². The number of benzene rings is 1. The minimum Gasteiger partial charge on any atom is -0.351 e. The van der Waals surface area contributed by atoms with Gasteiger partial charge in [0.1, 0.15) is 0 Å². The van der Waals surface area contributed by atoms with Crippen LogP contribution in [0.3, 0.4) is 0 Å². The first-order valence-corrected chi connectivity index (χ1v) is 9.07. The van der Waals surface area contributed by atoms with Crippen molar-refractivity contribution < 1.29 is 4.79 Å². The van der Waals surface area contributed by atoms with Crippen LogP contribution in [-0.4, -0.2) is 35.4 Å². The van der Waals surface area contributed by atoms with Crippen molar-refractivity contribution in [2.45, 2.75) is 13.0 Å². The third kappa shape index (κ3) is 3.18. The van der Waals surface area contributed by atoms with Gasteiger partial charge in [-0.3, -0.25) is 14.7 Å². The Morgan fingerprint density at radius 1 is 1.25 bits per heavy atom. The lowest BCUT2D eigenvalue weighted by Crippen LogP contribution is -2.37. The molecule has 1 aromatic carbocycles. The number of hydrogen-bond acceptors (Lipinski definition) is 4. The molecule has 4 rings (SSSR count). The topological polar surface area (TPSA) is 45.2 Å². The molecule has 0 saturated heterocycles. The molecule has 4 nitrogen and oxygen atoms in total. The summed E-state index contributed by atoms with van der Waals surface area (Å²) in [5, 5.41) is 7.30. The lowest BCUT2D eigenvalue weighted by Gasteiger charge is -2.26. The second-order valence-corrected chi connectivity index (χ2v) is 7.09. The average molecular weight is 337 g/mol. The van der Waals surface area contributed by atoms with E-state index in [0.717, 1.165) is 36.8 Å². The van der Waals surface area contributed by atoms with Crippen molar-refractivity contribution in [3.8, 4) is 0 Å². The van der Waals surface area contributed by atoms with E-state index in [-0.39, 0.29) is 5.91 Å². The van der Waals surface area contributed by atoms with Crippen molar-refractivity contribution in [1.29, 1.82) is 0 Å². The summed E-state index contributed by atoms with van der Waals surface area (Å²) in [6, 6.07) is 9.87. The number of nitrogens with zero attached hydrogens (tertiary/aromatic N) is 2. The number of hydrogen-bond donors (Lipinski definition) is 1. The molecule has 122 valence electrons. The molecule has 24 heavy (non-hydrogen) atoms. The molecule has 2 aromatic heterocycles. The summed E-state index contributed by atoms with van der Waals surface area (Å²) in [6.45, 7) is 3.63. The molecule has 1 aliphatic heterocycles. The predicted octanol–water partition coefficient (Wildman–Crippen LogP) is 3.08. The monoisotopic (exact) mass is 337 g/mol. The molecule has 1 aliphatic rings. The van der Waals surface area contributed by atoms with E-state index in [1.54, 1.807) is 6.20 Å². The Bertz CT molecular complexity index is 874. The zero-order chi connectivity index (χ0) is 16.4. The molecular formula is C19H19N3OS. The lowest BCUT2D eigenvalue weighted by molar-refractivity contribution is 0.0947. The van der Waals surface area contributed by atoms with Crippen LogP contribution in [0.1, 0.15) is 20.8 Å². The molecule has 0 bridgehead atoms. The number of aromatic nitrogens is 1. The Balaban J connectivity index is 1.33. The first kappa shape index (κ1) is 15.3. The van der Waals surface area contributed by atoms with Gasteiger partial charge in [0.2, 0.25) is 0 Å². The van der Waals surface area contributed by atoms with Crippen molar-refractivity contribution in [3.05, 3.63) is 64.1 Å². The first-order valence-electron chi connectivity index (χ1n) is 8.19. The van der Waals surface area contributed by atoms with Crippen LogP contribution < -0.4 is 5.32 Å². The minimum atomic E-state index is -0.0121. The fourth-order valence-electron chi connectivity index (χ4n) is 3.15. The fourth-order valence-corrected chi connectivity index (χ4v) is 4.04. The number of thiophene rings is 1. The van der Waals surface area contributed by atoms with Gasteiger partial charge in [0.05, 0.1) is 0 Å². The van der Waals surface area contributed by atoms with Crippen LogP contribution in [0.4, 0.5) is 0 Å². The molecule has 5 heteroatoms. The van der Waals surface area contributed by atoms with Gasteiger partial charge in [-0.25, -0.2) is 0 Å². The summed E-state index contributed by atoms with van der Waals surface area (Å²) in [4.78, 5) is 20.4. The second kappa shape index (κ2) is 6.71. The third-order valence-corrected chi connectivity index (χ3v) is 5.53. The van der Waals surface area contributed by atoms with Gasteiger partial charge < -0.3 is 5.32 Å². The Labute approximate surface area is 145 Å². The number of pyridine rings is 1. The van der Waals surface area contributed by atoms with Crippen LogP contribution in [0.2, 0.25) is 0 Å². The van der Waals surface area contributed by atoms with Crippen LogP contribution in [0.25, 0.3) is 10.8 Å². The molecule has 0 unspecified atom stereocenters. The van der Waals surface area contributed by atoms with Gasteiger partial charge in [-0.2, -0.15) is 0 Å². The number of amides is 1. The second-order valence-electron chi connectivity index (χ2n) is 6.09. The van der Waals surface area contributed by atoms with Crippen LogP contribution in [0.15, 0.2) is 48.1 Å². The summed E-state index contributed by atoms with van der Waals surface area (Å²) >= 11 is 1.85. The van der Waals surface area contributed by atoms with Gasteiger partial charge in [0, 0.05) is 54.4 Å². The van der Waals surface area contributed by atoms with Gasteiger partial charge in [-0.15, -0.1) is 11.3 Å². The highest BCUT2D eigenvalue weighted by Gasteiger charge is 2.16. The van der Waals surface area contributed by atoms with Crippen LogP contribution in [0.5, 0.6) is 0 Å². The smallest absolute Gasteiger partial charge is 0.251 e. The van der Waals surface area contributed by atoms with Crippen LogP contribution in [-0.2, 0) is 13.0 Å². The molecule has 3 heterocycles. The van der Waals surface area contributed by atoms with Gasteiger partial charge in [-0.1, -0.05) is 6.07 Å². The number of carbonyl (C=O) groups is 1. The van der Waals surface area contributed by atoms with Crippen molar-refractivity contribution >= 4 is 28.0 Å². The summed E-state index contributed by atoms with van der Waals surface area (Å²) in [7, 11) is 0. The normalized spacial score (nSPS) is 14.5. The van der Waals surface area contributed by atoms with E-state index in [2.05, 4.69) is 26.6 Å². The Morgan fingerprint density at radius 3 is 3.17 bits per heavy atom. The highest BCUT2D eigenvalue weighted by Crippen LogP contribution is 2.23. The zero-order valence-electron chi connectivity index (χ0n) is 13.4. The summed E-state index contributed by atoms with van der Waals surface area (Å²) < 4.78 is 0. The number of fused-ring (bicyclic) bond motifs is 2. The fraction of sp³-hybridized carbons (Fsp3) is 0.263. The summed E-state index contributed by atoms with van der Waals surface area (Å²) in [6.07, 6.45) is 4.69. The van der Waals surface area contributed by atoms with Gasteiger partial charge in [0.25, 0.3) is 5.91 Å². The highest BCUT2D eigenvalue weighted by atomic mass is 32.1. The minimum absolute atomic E-state index is 0.0121. The van der Waals surface area contributed by atoms with E-state index in [0.29, 0.717) is 12.1 Å². The third-order valence-electron chi connectivity index (χ3n) is 4.50. The SMILES string of the molecule is O=C(NCCN1CCc2sccc2C1)c1ccc2cnccc2c1. The molecule has 0 fully saturated rings. The van der Waals surface area contributed by atoms with Gasteiger partial charge >= 0.3 is 0 Å². The Hall–Kier alpha value is -2.24. The zero-order valence-corrected chi connectivity index (χ0v) is 14.2. The molecule has 0 radical (unpaired) electrons. The van der Waals surface area contributed by atoms with E-state index in [9.17, 15) is 4.79 Å². The molecule has 3 aromatic rings. The maximum Gasteiger partial charge on any atom is 0.251 e. The standard InChI is InChI=1S/C19H19N3OS/c23-19(15-1-2-16-12-20-6-3-14(16)11-15)21-7-9-22-8-4-18-17(13-22)5-10-24-18/h1-3,5-6,10-12H,4,7-9,13H2,(H,21,23). The summed E-state index contributed by atoms with van der Waals surface area (Å²) in [5.74, 6) is -0.0121. The average Bonchev–Trinajstić information content (AvgIpc) is 3.09. The maximum atomic E-state index is 12.3. The van der Waals surface area contributed by atoms with Crippen molar-refractivity contribution in [3.63, 3.8) is 0 Å². The predicted molar refractivity (Wildman–Crippen MR) is 97.4 cm³/mol. The van der Waals surface area contributed by atoms with Gasteiger partial charge in [-0.05, 0) is 47.0 Å². The number of nitrogens with one attached hydrogen (secondary N) is 1. The molecule has 1 N–H and O–H groups in total. The molecule has 0 saturated carbocycles. The van der Waals surface area contributed by atoms with E-state index in [4.69, 9.17) is 0 Å². The molecule has 0 aliphatic carbocycles. The lowest BCUT2D eigenvalue weighted by atomic mass is 10.1. The molecule has 1 amide bonds. The Kier molecular flexibility index (Phi) is 4.28. The number of rotatable bonds is 4. The first-order chi connectivity index (χ1) is 11.8. The molecular weight excluding hydrogens is 318 g/mol. The van der Waals surface area contributed by atoms with E-state index in [1.165, 1.54) is 10.4 Å². The van der Waals surface area contributed by atoms with E-state index >= 15 is 0 Å². The molecule has 0 spiro atoms.